The minimum atomic E-state index is -1.14. The molecule has 0 saturated carbocycles. The fraction of sp³-hybridized carbons (Fsp3) is 0.571. The van der Waals surface area contributed by atoms with Gasteiger partial charge in [-0.2, -0.15) is 0 Å². The highest BCUT2D eigenvalue weighted by Gasteiger charge is 2.29. The van der Waals surface area contributed by atoms with E-state index in [9.17, 15) is 13.9 Å². The Labute approximate surface area is 111 Å². The molecule has 2 rings (SSSR count). The van der Waals surface area contributed by atoms with Crippen molar-refractivity contribution in [1.82, 2.24) is 4.90 Å². The van der Waals surface area contributed by atoms with Gasteiger partial charge >= 0.3 is 0 Å². The second-order valence-corrected chi connectivity index (χ2v) is 4.80. The molecule has 1 fully saturated rings. The summed E-state index contributed by atoms with van der Waals surface area (Å²) in [4.78, 5) is 2.16. The lowest BCUT2D eigenvalue weighted by molar-refractivity contribution is -0.0908. The van der Waals surface area contributed by atoms with Crippen LogP contribution in [0.1, 0.15) is 25.0 Å². The van der Waals surface area contributed by atoms with Gasteiger partial charge in [-0.15, -0.1) is 0 Å². The Morgan fingerprint density at radius 3 is 3.00 bits per heavy atom. The molecule has 5 heteroatoms. The molecule has 106 valence electrons. The van der Waals surface area contributed by atoms with Crippen LogP contribution in [-0.2, 0) is 4.74 Å². The van der Waals surface area contributed by atoms with Crippen molar-refractivity contribution in [3.63, 3.8) is 0 Å². The molecular weight excluding hydrogens is 252 g/mol. The summed E-state index contributed by atoms with van der Waals surface area (Å²) in [6.45, 7) is 4.83. The molecule has 0 spiro atoms. The first-order valence-corrected chi connectivity index (χ1v) is 6.59. The standard InChI is InChI=1S/C14H19F2NO2/c1-2-6-17-7-8-19-12(9-17)14(18)10-4-3-5-11(15)13(10)16/h3-5,12,14,18H,2,6-9H2,1H3. The van der Waals surface area contributed by atoms with E-state index < -0.39 is 23.8 Å². The van der Waals surface area contributed by atoms with Crippen LogP contribution in [0.2, 0.25) is 0 Å². The van der Waals surface area contributed by atoms with Gasteiger partial charge in [-0.05, 0) is 19.0 Å². The highest BCUT2D eigenvalue weighted by atomic mass is 19.2. The average Bonchev–Trinajstić information content (AvgIpc) is 2.42. The average molecular weight is 271 g/mol. The summed E-state index contributed by atoms with van der Waals surface area (Å²) in [6.07, 6.45) is -0.649. The first kappa shape index (κ1) is 14.4. The molecular formula is C14H19F2NO2. The van der Waals surface area contributed by atoms with Gasteiger partial charge in [0.2, 0.25) is 0 Å². The first-order valence-electron chi connectivity index (χ1n) is 6.59. The largest absolute Gasteiger partial charge is 0.386 e. The number of morpholine rings is 1. The van der Waals surface area contributed by atoms with Gasteiger partial charge in [0.05, 0.1) is 6.61 Å². The van der Waals surface area contributed by atoms with E-state index in [0.29, 0.717) is 13.2 Å². The highest BCUT2D eigenvalue weighted by Crippen LogP contribution is 2.25. The van der Waals surface area contributed by atoms with E-state index in [1.165, 1.54) is 12.1 Å². The Morgan fingerprint density at radius 1 is 1.47 bits per heavy atom. The molecule has 2 atom stereocenters. The molecule has 2 unspecified atom stereocenters. The van der Waals surface area contributed by atoms with Crippen LogP contribution in [0.15, 0.2) is 18.2 Å². The Bertz CT molecular complexity index is 426. The van der Waals surface area contributed by atoms with Crippen molar-refractivity contribution in [1.29, 1.82) is 0 Å². The third-order valence-electron chi connectivity index (χ3n) is 3.37. The summed E-state index contributed by atoms with van der Waals surface area (Å²) in [7, 11) is 0. The van der Waals surface area contributed by atoms with Crippen LogP contribution in [0, 0.1) is 11.6 Å². The summed E-state index contributed by atoms with van der Waals surface area (Å²) in [5.74, 6) is -1.94. The van der Waals surface area contributed by atoms with Gasteiger partial charge in [0.15, 0.2) is 11.6 Å². The molecule has 1 aromatic carbocycles. The first-order chi connectivity index (χ1) is 9.13. The second kappa shape index (κ2) is 6.41. The number of nitrogens with zero attached hydrogens (tertiary/aromatic N) is 1. The van der Waals surface area contributed by atoms with E-state index in [-0.39, 0.29) is 5.56 Å². The third kappa shape index (κ3) is 3.29. The minimum absolute atomic E-state index is 0.0386. The van der Waals surface area contributed by atoms with E-state index in [1.54, 1.807) is 0 Å². The van der Waals surface area contributed by atoms with Gasteiger partial charge in [-0.3, -0.25) is 4.90 Å². The summed E-state index contributed by atoms with van der Waals surface area (Å²) < 4.78 is 32.3. The van der Waals surface area contributed by atoms with E-state index in [4.69, 9.17) is 4.74 Å². The molecule has 19 heavy (non-hydrogen) atoms. The van der Waals surface area contributed by atoms with E-state index in [2.05, 4.69) is 11.8 Å². The number of halogens is 2. The molecule has 1 aliphatic heterocycles. The maximum atomic E-state index is 13.6. The van der Waals surface area contributed by atoms with Crippen molar-refractivity contribution >= 4 is 0 Å². The Hall–Kier alpha value is -1.04. The van der Waals surface area contributed by atoms with E-state index in [0.717, 1.165) is 25.6 Å². The molecule has 1 N–H and O–H groups in total. The zero-order valence-corrected chi connectivity index (χ0v) is 11.0. The molecule has 3 nitrogen and oxygen atoms in total. The molecule has 1 saturated heterocycles. The van der Waals surface area contributed by atoms with Gasteiger partial charge < -0.3 is 9.84 Å². The van der Waals surface area contributed by atoms with Crippen LogP contribution in [0.5, 0.6) is 0 Å². The lowest BCUT2D eigenvalue weighted by Gasteiger charge is -2.35. The lowest BCUT2D eigenvalue weighted by Crippen LogP contribution is -2.45. The van der Waals surface area contributed by atoms with Crippen LogP contribution in [0.4, 0.5) is 8.78 Å². The van der Waals surface area contributed by atoms with Crippen LogP contribution in [0.25, 0.3) is 0 Å². The lowest BCUT2D eigenvalue weighted by atomic mass is 10.0. The number of hydrogen-bond acceptors (Lipinski definition) is 3. The highest BCUT2D eigenvalue weighted by molar-refractivity contribution is 5.22. The SMILES string of the molecule is CCCN1CCOC(C(O)c2cccc(F)c2F)C1. The maximum absolute atomic E-state index is 13.6. The fourth-order valence-corrected chi connectivity index (χ4v) is 2.39. The Morgan fingerprint density at radius 2 is 2.26 bits per heavy atom. The number of aliphatic hydroxyl groups is 1. The number of rotatable bonds is 4. The number of ether oxygens (including phenoxy) is 1. The molecule has 0 radical (unpaired) electrons. The van der Waals surface area contributed by atoms with Crippen molar-refractivity contribution in [3.05, 3.63) is 35.4 Å². The van der Waals surface area contributed by atoms with Crippen LogP contribution in [-0.4, -0.2) is 42.4 Å². The van der Waals surface area contributed by atoms with Gasteiger partial charge in [0, 0.05) is 18.7 Å². The summed E-state index contributed by atoms with van der Waals surface area (Å²) in [6, 6.07) is 3.82. The zero-order chi connectivity index (χ0) is 13.8. The van der Waals surface area contributed by atoms with E-state index >= 15 is 0 Å². The molecule has 1 heterocycles. The summed E-state index contributed by atoms with van der Waals surface area (Å²) in [5, 5.41) is 10.2. The summed E-state index contributed by atoms with van der Waals surface area (Å²) in [5.41, 5.74) is -0.0386. The molecule has 0 aliphatic carbocycles. The van der Waals surface area contributed by atoms with Gasteiger partial charge in [-0.25, -0.2) is 8.78 Å². The topological polar surface area (TPSA) is 32.7 Å². The fourth-order valence-electron chi connectivity index (χ4n) is 2.39. The molecule has 0 aromatic heterocycles. The minimum Gasteiger partial charge on any atom is -0.386 e. The normalized spacial score (nSPS) is 22.4. The van der Waals surface area contributed by atoms with Crippen molar-refractivity contribution in [2.75, 3.05) is 26.2 Å². The molecule has 0 bridgehead atoms. The van der Waals surface area contributed by atoms with Crippen molar-refractivity contribution < 1.29 is 18.6 Å². The van der Waals surface area contributed by atoms with Gasteiger partial charge in [-0.1, -0.05) is 19.1 Å². The maximum Gasteiger partial charge on any atom is 0.164 e. The van der Waals surface area contributed by atoms with Crippen molar-refractivity contribution in [2.45, 2.75) is 25.6 Å². The van der Waals surface area contributed by atoms with E-state index in [1.807, 2.05) is 0 Å². The quantitative estimate of drug-likeness (QED) is 0.910. The molecule has 0 amide bonds. The third-order valence-corrected chi connectivity index (χ3v) is 3.37. The predicted octanol–water partition coefficient (Wildman–Crippen LogP) is 2.11. The van der Waals surface area contributed by atoms with Crippen molar-refractivity contribution in [2.24, 2.45) is 0 Å². The second-order valence-electron chi connectivity index (χ2n) is 4.80. The number of hydrogen-bond donors (Lipinski definition) is 1. The van der Waals surface area contributed by atoms with Gasteiger partial charge in [0.25, 0.3) is 0 Å². The smallest absolute Gasteiger partial charge is 0.164 e. The Kier molecular flexibility index (Phi) is 4.85. The number of aliphatic hydroxyl groups excluding tert-OH is 1. The van der Waals surface area contributed by atoms with Gasteiger partial charge in [0.1, 0.15) is 12.2 Å². The van der Waals surface area contributed by atoms with Crippen LogP contribution in [0.3, 0.4) is 0 Å². The van der Waals surface area contributed by atoms with Crippen LogP contribution >= 0.6 is 0 Å². The molecule has 1 aliphatic rings. The number of benzene rings is 1. The monoisotopic (exact) mass is 271 g/mol. The van der Waals surface area contributed by atoms with Crippen molar-refractivity contribution in [3.8, 4) is 0 Å². The summed E-state index contributed by atoms with van der Waals surface area (Å²) >= 11 is 0. The molecule has 1 aromatic rings. The Balaban J connectivity index is 2.10. The van der Waals surface area contributed by atoms with Crippen LogP contribution < -0.4 is 0 Å². The predicted molar refractivity (Wildman–Crippen MR) is 67.8 cm³/mol. The zero-order valence-electron chi connectivity index (χ0n) is 11.0.